The fourth-order valence-electron chi connectivity index (χ4n) is 3.25. The first-order valence-corrected chi connectivity index (χ1v) is 8.98. The maximum Gasteiger partial charge on any atom is 0.203 e. The van der Waals surface area contributed by atoms with Gasteiger partial charge in [-0.2, -0.15) is 0 Å². The zero-order valence-corrected chi connectivity index (χ0v) is 16.7. The van der Waals surface area contributed by atoms with Crippen molar-refractivity contribution in [1.82, 2.24) is 14.6 Å². The molecule has 0 amide bonds. The summed E-state index contributed by atoms with van der Waals surface area (Å²) in [6, 6.07) is 15.6. The van der Waals surface area contributed by atoms with E-state index in [0.717, 1.165) is 28.1 Å². The maximum absolute atomic E-state index is 5.47. The van der Waals surface area contributed by atoms with E-state index in [4.69, 9.17) is 18.9 Å². The van der Waals surface area contributed by atoms with E-state index in [2.05, 4.69) is 10.2 Å². The van der Waals surface area contributed by atoms with Crippen LogP contribution < -0.4 is 18.9 Å². The van der Waals surface area contributed by atoms with Crippen molar-refractivity contribution in [3.63, 3.8) is 0 Å². The van der Waals surface area contributed by atoms with E-state index < -0.39 is 0 Å². The van der Waals surface area contributed by atoms with Crippen molar-refractivity contribution in [2.45, 2.75) is 0 Å². The first-order valence-electron chi connectivity index (χ1n) is 8.98. The molecule has 2 aromatic carbocycles. The second kappa shape index (κ2) is 7.71. The minimum absolute atomic E-state index is 0.534. The second-order valence-electron chi connectivity index (χ2n) is 6.31. The van der Waals surface area contributed by atoms with Gasteiger partial charge in [-0.1, -0.05) is 12.1 Å². The molecule has 0 aliphatic rings. The molecule has 0 atom stereocenters. The Kier molecular flexibility index (Phi) is 4.95. The van der Waals surface area contributed by atoms with Gasteiger partial charge in [0.05, 0.1) is 28.4 Å². The Labute approximate surface area is 168 Å². The molecule has 4 aromatic rings. The Bertz CT molecular complexity index is 1130. The number of aromatic nitrogens is 3. The highest BCUT2D eigenvalue weighted by Gasteiger charge is 2.17. The summed E-state index contributed by atoms with van der Waals surface area (Å²) in [5.41, 5.74) is 3.65. The van der Waals surface area contributed by atoms with Gasteiger partial charge in [-0.05, 0) is 47.5 Å². The summed E-state index contributed by atoms with van der Waals surface area (Å²) in [4.78, 5) is 0. The molecule has 0 unspecified atom stereocenters. The Hall–Kier alpha value is -3.74. The van der Waals surface area contributed by atoms with Crippen LogP contribution in [0.4, 0.5) is 0 Å². The van der Waals surface area contributed by atoms with Crippen molar-refractivity contribution in [3.8, 4) is 45.5 Å². The summed E-state index contributed by atoms with van der Waals surface area (Å²) in [6.45, 7) is 0. The summed E-state index contributed by atoms with van der Waals surface area (Å²) in [6.07, 6.45) is 2.01. The van der Waals surface area contributed by atoms with Crippen LogP contribution in [0.25, 0.3) is 28.2 Å². The molecule has 2 aromatic heterocycles. The van der Waals surface area contributed by atoms with Crippen LogP contribution in [-0.2, 0) is 0 Å². The Balaban J connectivity index is 1.84. The largest absolute Gasteiger partial charge is 0.497 e. The van der Waals surface area contributed by atoms with Gasteiger partial charge in [-0.15, -0.1) is 10.2 Å². The van der Waals surface area contributed by atoms with Gasteiger partial charge in [0.25, 0.3) is 0 Å². The predicted octanol–water partition coefficient (Wildman–Crippen LogP) is 4.10. The lowest BCUT2D eigenvalue weighted by atomic mass is 10.1. The standard InChI is InChI=1S/C22H21N3O4/c1-26-17-8-5-14(6-9-17)15-7-10-20-23-24-22(25(20)13-15)16-11-18(27-2)21(29-4)19(12-16)28-3/h5-13H,1-4H3. The minimum Gasteiger partial charge on any atom is -0.497 e. The third kappa shape index (κ3) is 3.31. The summed E-state index contributed by atoms with van der Waals surface area (Å²) in [5, 5.41) is 8.67. The molecule has 0 saturated heterocycles. The number of hydrogen-bond acceptors (Lipinski definition) is 6. The van der Waals surface area contributed by atoms with Crippen LogP contribution in [0.2, 0.25) is 0 Å². The van der Waals surface area contributed by atoms with Gasteiger partial charge >= 0.3 is 0 Å². The van der Waals surface area contributed by atoms with Gasteiger partial charge in [0.2, 0.25) is 5.75 Å². The molecule has 148 valence electrons. The highest BCUT2D eigenvalue weighted by Crippen LogP contribution is 2.41. The molecule has 0 bridgehead atoms. The molecule has 7 heteroatoms. The van der Waals surface area contributed by atoms with Crippen molar-refractivity contribution < 1.29 is 18.9 Å². The normalized spacial score (nSPS) is 10.8. The van der Waals surface area contributed by atoms with E-state index in [1.54, 1.807) is 28.4 Å². The number of pyridine rings is 1. The lowest BCUT2D eigenvalue weighted by Crippen LogP contribution is -1.97. The van der Waals surface area contributed by atoms with Gasteiger partial charge < -0.3 is 18.9 Å². The first kappa shape index (κ1) is 18.6. The zero-order chi connectivity index (χ0) is 20.4. The highest BCUT2D eigenvalue weighted by molar-refractivity contribution is 5.71. The smallest absolute Gasteiger partial charge is 0.203 e. The van der Waals surface area contributed by atoms with Crippen LogP contribution in [0.3, 0.4) is 0 Å². The molecule has 0 radical (unpaired) electrons. The van der Waals surface area contributed by atoms with Crippen LogP contribution in [0, 0.1) is 0 Å². The predicted molar refractivity (Wildman–Crippen MR) is 110 cm³/mol. The fraction of sp³-hybridized carbons (Fsp3) is 0.182. The second-order valence-corrected chi connectivity index (χ2v) is 6.31. The van der Waals surface area contributed by atoms with E-state index in [0.29, 0.717) is 23.1 Å². The van der Waals surface area contributed by atoms with Crippen molar-refractivity contribution in [2.75, 3.05) is 28.4 Å². The lowest BCUT2D eigenvalue weighted by molar-refractivity contribution is 0.324. The summed E-state index contributed by atoms with van der Waals surface area (Å²) in [7, 11) is 6.41. The van der Waals surface area contributed by atoms with Crippen molar-refractivity contribution >= 4 is 5.65 Å². The molecule has 0 saturated carbocycles. The van der Waals surface area contributed by atoms with Crippen molar-refractivity contribution in [2.24, 2.45) is 0 Å². The molecule has 29 heavy (non-hydrogen) atoms. The molecule has 0 aliphatic carbocycles. The van der Waals surface area contributed by atoms with Gasteiger partial charge in [0.15, 0.2) is 23.0 Å². The SMILES string of the molecule is COc1ccc(-c2ccc3nnc(-c4cc(OC)c(OC)c(OC)c4)n3c2)cc1. The monoisotopic (exact) mass is 391 g/mol. The minimum atomic E-state index is 0.534. The molecule has 0 N–H and O–H groups in total. The van der Waals surface area contributed by atoms with Crippen LogP contribution >= 0.6 is 0 Å². The highest BCUT2D eigenvalue weighted by atomic mass is 16.5. The summed E-state index contributed by atoms with van der Waals surface area (Å²) < 4.78 is 23.5. The zero-order valence-electron chi connectivity index (χ0n) is 16.7. The number of nitrogens with zero attached hydrogens (tertiary/aromatic N) is 3. The molecule has 0 fully saturated rings. The van der Waals surface area contributed by atoms with Gasteiger partial charge in [0, 0.05) is 11.8 Å². The van der Waals surface area contributed by atoms with E-state index in [-0.39, 0.29) is 0 Å². The molecule has 0 aliphatic heterocycles. The molecule has 4 rings (SSSR count). The van der Waals surface area contributed by atoms with E-state index in [1.807, 2.05) is 59.1 Å². The molecule has 7 nitrogen and oxygen atoms in total. The van der Waals surface area contributed by atoms with Gasteiger partial charge in [0.1, 0.15) is 5.75 Å². The number of ether oxygens (including phenoxy) is 4. The Morgan fingerprint density at radius 3 is 1.90 bits per heavy atom. The number of benzene rings is 2. The van der Waals surface area contributed by atoms with E-state index in [9.17, 15) is 0 Å². The first-order chi connectivity index (χ1) is 14.2. The summed E-state index contributed by atoms with van der Waals surface area (Å²) in [5.74, 6) is 3.15. The van der Waals surface area contributed by atoms with E-state index >= 15 is 0 Å². The quantitative estimate of drug-likeness (QED) is 0.493. The molecule has 2 heterocycles. The average Bonchev–Trinajstić information content (AvgIpc) is 3.21. The summed E-state index contributed by atoms with van der Waals surface area (Å²) >= 11 is 0. The van der Waals surface area contributed by atoms with Crippen LogP contribution in [0.15, 0.2) is 54.7 Å². The number of fused-ring (bicyclic) bond motifs is 1. The van der Waals surface area contributed by atoms with Crippen LogP contribution in [0.5, 0.6) is 23.0 Å². The average molecular weight is 391 g/mol. The Morgan fingerprint density at radius 1 is 0.655 bits per heavy atom. The molecular formula is C22H21N3O4. The third-order valence-electron chi connectivity index (χ3n) is 4.75. The van der Waals surface area contributed by atoms with Crippen molar-refractivity contribution in [1.29, 1.82) is 0 Å². The van der Waals surface area contributed by atoms with Crippen molar-refractivity contribution in [3.05, 3.63) is 54.7 Å². The fourth-order valence-corrected chi connectivity index (χ4v) is 3.25. The van der Waals surface area contributed by atoms with E-state index in [1.165, 1.54) is 0 Å². The Morgan fingerprint density at radius 2 is 1.31 bits per heavy atom. The van der Waals surface area contributed by atoms with Gasteiger partial charge in [-0.25, -0.2) is 0 Å². The van der Waals surface area contributed by atoms with Crippen LogP contribution in [-0.4, -0.2) is 43.0 Å². The lowest BCUT2D eigenvalue weighted by Gasteiger charge is -2.13. The number of rotatable bonds is 6. The third-order valence-corrected chi connectivity index (χ3v) is 4.75. The maximum atomic E-state index is 5.47. The molecular weight excluding hydrogens is 370 g/mol. The molecule has 0 spiro atoms. The van der Waals surface area contributed by atoms with Crippen LogP contribution in [0.1, 0.15) is 0 Å². The topological polar surface area (TPSA) is 67.1 Å². The number of hydrogen-bond donors (Lipinski definition) is 0. The van der Waals surface area contributed by atoms with Gasteiger partial charge in [-0.3, -0.25) is 4.40 Å². The number of methoxy groups -OCH3 is 4.